The molecule has 1 saturated heterocycles. The Morgan fingerprint density at radius 1 is 1.35 bits per heavy atom. The molecule has 2 unspecified atom stereocenters. The molecule has 0 amide bonds. The summed E-state index contributed by atoms with van der Waals surface area (Å²) in [6.45, 7) is 7.25. The Labute approximate surface area is 107 Å². The lowest BCUT2D eigenvalue weighted by molar-refractivity contribution is -0.0651. The Hall–Kier alpha value is -0.120. The maximum atomic E-state index is 6.06. The summed E-state index contributed by atoms with van der Waals surface area (Å²) in [5, 5.41) is 0. The molecule has 0 aromatic carbocycles. The highest BCUT2D eigenvalue weighted by Crippen LogP contribution is 2.30. The van der Waals surface area contributed by atoms with Gasteiger partial charge in [-0.05, 0) is 39.3 Å². The zero-order valence-corrected chi connectivity index (χ0v) is 11.9. The molecule has 0 saturated carbocycles. The zero-order chi connectivity index (χ0) is 12.7. The first-order chi connectivity index (χ1) is 8.18. The van der Waals surface area contributed by atoms with E-state index in [1.807, 2.05) is 0 Å². The highest BCUT2D eigenvalue weighted by Gasteiger charge is 2.38. The van der Waals surface area contributed by atoms with Crippen molar-refractivity contribution in [2.24, 2.45) is 5.73 Å². The second-order valence-corrected chi connectivity index (χ2v) is 5.41. The SMILES string of the molecule is CCCCCN(C)C1(CN)CCOC(CC)C1. The molecule has 0 spiro atoms. The minimum atomic E-state index is 0.187. The van der Waals surface area contributed by atoms with Crippen LogP contribution in [0.15, 0.2) is 0 Å². The summed E-state index contributed by atoms with van der Waals surface area (Å²) in [5.41, 5.74) is 6.25. The maximum absolute atomic E-state index is 6.06. The van der Waals surface area contributed by atoms with E-state index in [4.69, 9.17) is 10.5 Å². The van der Waals surface area contributed by atoms with E-state index in [0.717, 1.165) is 32.4 Å². The molecule has 3 nitrogen and oxygen atoms in total. The molecule has 1 fully saturated rings. The molecule has 0 aromatic rings. The number of likely N-dealkylation sites (N-methyl/N-ethyl adjacent to an activating group) is 1. The second-order valence-electron chi connectivity index (χ2n) is 5.41. The van der Waals surface area contributed by atoms with Gasteiger partial charge in [0, 0.05) is 18.7 Å². The minimum absolute atomic E-state index is 0.187. The lowest BCUT2D eigenvalue weighted by atomic mass is 9.84. The lowest BCUT2D eigenvalue weighted by Gasteiger charge is -2.46. The Bertz CT molecular complexity index is 210. The average Bonchev–Trinajstić information content (AvgIpc) is 2.38. The topological polar surface area (TPSA) is 38.5 Å². The first kappa shape index (κ1) is 14.9. The van der Waals surface area contributed by atoms with Gasteiger partial charge in [-0.15, -0.1) is 0 Å². The standard InChI is InChI=1S/C14H30N2O/c1-4-6-7-9-16(3)14(12-15)8-10-17-13(5-2)11-14/h13H,4-12,15H2,1-3H3. The van der Waals surface area contributed by atoms with Gasteiger partial charge in [0.25, 0.3) is 0 Å². The van der Waals surface area contributed by atoms with Crippen LogP contribution in [0.3, 0.4) is 0 Å². The molecule has 1 rings (SSSR count). The minimum Gasteiger partial charge on any atom is -0.378 e. The molecule has 0 aromatic heterocycles. The van der Waals surface area contributed by atoms with Crippen LogP contribution in [0.1, 0.15) is 52.4 Å². The zero-order valence-electron chi connectivity index (χ0n) is 11.9. The molecule has 0 radical (unpaired) electrons. The summed E-state index contributed by atoms with van der Waals surface area (Å²) >= 11 is 0. The van der Waals surface area contributed by atoms with E-state index < -0.39 is 0 Å². The van der Waals surface area contributed by atoms with Crippen molar-refractivity contribution in [1.82, 2.24) is 4.90 Å². The van der Waals surface area contributed by atoms with Gasteiger partial charge < -0.3 is 10.5 Å². The molecule has 0 bridgehead atoms. The van der Waals surface area contributed by atoms with Gasteiger partial charge in [0.15, 0.2) is 0 Å². The Balaban J connectivity index is 2.53. The number of rotatable bonds is 7. The maximum Gasteiger partial charge on any atom is 0.0590 e. The third-order valence-corrected chi connectivity index (χ3v) is 4.27. The van der Waals surface area contributed by atoms with Crippen molar-refractivity contribution in [3.05, 3.63) is 0 Å². The third kappa shape index (κ3) is 3.94. The van der Waals surface area contributed by atoms with E-state index in [9.17, 15) is 0 Å². The normalized spacial score (nSPS) is 29.8. The van der Waals surface area contributed by atoms with Crippen molar-refractivity contribution in [2.75, 3.05) is 26.7 Å². The van der Waals surface area contributed by atoms with Gasteiger partial charge in [-0.2, -0.15) is 0 Å². The fourth-order valence-electron chi connectivity index (χ4n) is 2.79. The summed E-state index contributed by atoms with van der Waals surface area (Å²) < 4.78 is 5.78. The molecule has 1 aliphatic heterocycles. The monoisotopic (exact) mass is 242 g/mol. The van der Waals surface area contributed by atoms with Crippen LogP contribution in [0, 0.1) is 0 Å². The largest absolute Gasteiger partial charge is 0.378 e. The Kier molecular flexibility index (Phi) is 6.45. The van der Waals surface area contributed by atoms with Crippen LogP contribution < -0.4 is 5.73 Å². The first-order valence-corrected chi connectivity index (χ1v) is 7.21. The molecule has 1 aliphatic rings. The van der Waals surface area contributed by atoms with Gasteiger partial charge in [0.05, 0.1) is 6.10 Å². The summed E-state index contributed by atoms with van der Waals surface area (Å²) in [7, 11) is 2.24. The highest BCUT2D eigenvalue weighted by molar-refractivity contribution is 4.95. The van der Waals surface area contributed by atoms with Crippen molar-refractivity contribution in [2.45, 2.75) is 64.0 Å². The number of hydrogen-bond donors (Lipinski definition) is 1. The molecule has 17 heavy (non-hydrogen) atoms. The van der Waals surface area contributed by atoms with Crippen LogP contribution in [-0.2, 0) is 4.74 Å². The quantitative estimate of drug-likeness (QED) is 0.697. The summed E-state index contributed by atoms with van der Waals surface area (Å²) in [6, 6.07) is 0. The van der Waals surface area contributed by atoms with Gasteiger partial charge in [0.1, 0.15) is 0 Å². The van der Waals surface area contributed by atoms with E-state index in [2.05, 4.69) is 25.8 Å². The number of nitrogens with zero attached hydrogens (tertiary/aromatic N) is 1. The Morgan fingerprint density at radius 2 is 2.12 bits per heavy atom. The van der Waals surface area contributed by atoms with Crippen molar-refractivity contribution in [1.29, 1.82) is 0 Å². The van der Waals surface area contributed by atoms with E-state index in [-0.39, 0.29) is 5.54 Å². The van der Waals surface area contributed by atoms with Gasteiger partial charge in [-0.3, -0.25) is 4.90 Å². The summed E-state index contributed by atoms with van der Waals surface area (Å²) in [4.78, 5) is 2.49. The number of hydrogen-bond acceptors (Lipinski definition) is 3. The lowest BCUT2D eigenvalue weighted by Crippen LogP contribution is -2.57. The van der Waals surface area contributed by atoms with Crippen molar-refractivity contribution >= 4 is 0 Å². The van der Waals surface area contributed by atoms with Crippen molar-refractivity contribution < 1.29 is 4.74 Å². The molecule has 2 N–H and O–H groups in total. The van der Waals surface area contributed by atoms with E-state index in [1.165, 1.54) is 25.8 Å². The number of unbranched alkanes of at least 4 members (excludes halogenated alkanes) is 2. The predicted octanol–water partition coefficient (Wildman–Crippen LogP) is 2.39. The molecule has 0 aliphatic carbocycles. The van der Waals surface area contributed by atoms with Gasteiger partial charge in [-0.25, -0.2) is 0 Å². The molecular formula is C14H30N2O. The highest BCUT2D eigenvalue weighted by atomic mass is 16.5. The van der Waals surface area contributed by atoms with Gasteiger partial charge >= 0.3 is 0 Å². The summed E-state index contributed by atoms with van der Waals surface area (Å²) in [6.07, 6.45) is 7.58. The van der Waals surface area contributed by atoms with Crippen molar-refractivity contribution in [3.8, 4) is 0 Å². The van der Waals surface area contributed by atoms with Gasteiger partial charge in [-0.1, -0.05) is 26.7 Å². The van der Waals surface area contributed by atoms with Crippen LogP contribution in [0.2, 0.25) is 0 Å². The molecular weight excluding hydrogens is 212 g/mol. The number of ether oxygens (including phenoxy) is 1. The first-order valence-electron chi connectivity index (χ1n) is 7.21. The third-order valence-electron chi connectivity index (χ3n) is 4.27. The summed E-state index contributed by atoms with van der Waals surface area (Å²) in [5.74, 6) is 0. The predicted molar refractivity (Wildman–Crippen MR) is 73.2 cm³/mol. The average molecular weight is 242 g/mol. The van der Waals surface area contributed by atoms with Crippen LogP contribution in [0.4, 0.5) is 0 Å². The van der Waals surface area contributed by atoms with Crippen LogP contribution in [-0.4, -0.2) is 43.3 Å². The Morgan fingerprint density at radius 3 is 2.71 bits per heavy atom. The van der Waals surface area contributed by atoms with E-state index >= 15 is 0 Å². The fourth-order valence-corrected chi connectivity index (χ4v) is 2.79. The van der Waals surface area contributed by atoms with Crippen molar-refractivity contribution in [3.63, 3.8) is 0 Å². The van der Waals surface area contributed by atoms with Gasteiger partial charge in [0.2, 0.25) is 0 Å². The number of nitrogens with two attached hydrogens (primary N) is 1. The van der Waals surface area contributed by atoms with Crippen LogP contribution in [0.5, 0.6) is 0 Å². The smallest absolute Gasteiger partial charge is 0.0590 e. The van der Waals surface area contributed by atoms with E-state index in [1.54, 1.807) is 0 Å². The molecule has 3 heteroatoms. The van der Waals surface area contributed by atoms with E-state index in [0.29, 0.717) is 6.10 Å². The fraction of sp³-hybridized carbons (Fsp3) is 1.00. The molecule has 2 atom stereocenters. The van der Waals surface area contributed by atoms with Crippen LogP contribution >= 0.6 is 0 Å². The molecule has 1 heterocycles. The van der Waals surface area contributed by atoms with Crippen LogP contribution in [0.25, 0.3) is 0 Å². The second kappa shape index (κ2) is 7.34. The molecule has 102 valence electrons.